The minimum atomic E-state index is -0.177. The second kappa shape index (κ2) is 8.40. The fourth-order valence-electron chi connectivity index (χ4n) is 3.81. The molecule has 1 aliphatic rings. The van der Waals surface area contributed by atoms with Gasteiger partial charge in [0.1, 0.15) is 11.9 Å². The quantitative estimate of drug-likeness (QED) is 0.614. The molecule has 1 aromatic heterocycles. The summed E-state index contributed by atoms with van der Waals surface area (Å²) in [7, 11) is 1.67. The van der Waals surface area contributed by atoms with E-state index in [0.29, 0.717) is 19.6 Å². The van der Waals surface area contributed by atoms with Gasteiger partial charge in [0.25, 0.3) is 0 Å². The van der Waals surface area contributed by atoms with Crippen LogP contribution in [0.2, 0.25) is 0 Å². The van der Waals surface area contributed by atoms with Gasteiger partial charge in [-0.05, 0) is 36.1 Å². The van der Waals surface area contributed by atoms with Gasteiger partial charge in [0.2, 0.25) is 0 Å². The van der Waals surface area contributed by atoms with Gasteiger partial charge in [0, 0.05) is 37.1 Å². The number of nitrogens with zero attached hydrogens (tertiary/aromatic N) is 2. The van der Waals surface area contributed by atoms with Gasteiger partial charge in [-0.15, -0.1) is 0 Å². The topological polar surface area (TPSA) is 53.4 Å². The smallest absolute Gasteiger partial charge is 0.163 e. The van der Waals surface area contributed by atoms with Crippen LogP contribution in [0.15, 0.2) is 61.2 Å². The number of aromatic nitrogens is 2. The van der Waals surface area contributed by atoms with Crippen LogP contribution in [0.5, 0.6) is 5.75 Å². The van der Waals surface area contributed by atoms with Crippen LogP contribution in [-0.4, -0.2) is 22.4 Å². The lowest BCUT2D eigenvalue weighted by Gasteiger charge is -2.25. The Kier molecular flexibility index (Phi) is 5.53. The Labute approximate surface area is 164 Å². The van der Waals surface area contributed by atoms with Gasteiger partial charge in [0.15, 0.2) is 5.78 Å². The monoisotopic (exact) mass is 376 g/mol. The molecule has 0 fully saturated rings. The average Bonchev–Trinajstić information content (AvgIpc) is 3.23. The third kappa shape index (κ3) is 3.85. The molecule has 0 radical (unpaired) electrons. The molecule has 1 aliphatic carbocycles. The maximum atomic E-state index is 12.3. The van der Waals surface area contributed by atoms with E-state index in [1.54, 1.807) is 19.6 Å². The fraction of sp³-hybridized carbons (Fsp3) is 0.304. The molecule has 0 bridgehead atoms. The molecule has 1 unspecified atom stereocenters. The summed E-state index contributed by atoms with van der Waals surface area (Å²) in [6.45, 7) is 1.07. The van der Waals surface area contributed by atoms with Crippen LogP contribution >= 0.6 is 0 Å². The van der Waals surface area contributed by atoms with Crippen LogP contribution in [-0.2, 0) is 24.3 Å². The van der Waals surface area contributed by atoms with Crippen molar-refractivity contribution in [2.45, 2.75) is 38.5 Å². The first-order chi connectivity index (χ1) is 13.8. The van der Waals surface area contributed by atoms with Crippen molar-refractivity contribution in [1.82, 2.24) is 9.55 Å². The second-order valence-corrected chi connectivity index (χ2v) is 7.05. The van der Waals surface area contributed by atoms with E-state index >= 15 is 0 Å². The average molecular weight is 376 g/mol. The summed E-state index contributed by atoms with van der Waals surface area (Å²) in [5, 5.41) is 0. The first kappa shape index (κ1) is 18.4. The minimum Gasteiger partial charge on any atom is -0.483 e. The molecule has 0 amide bonds. The van der Waals surface area contributed by atoms with Gasteiger partial charge in [-0.25, -0.2) is 4.98 Å². The van der Waals surface area contributed by atoms with Crippen LogP contribution in [0.1, 0.15) is 46.0 Å². The molecule has 2 aromatic carbocycles. The highest BCUT2D eigenvalue weighted by Gasteiger charge is 2.24. The summed E-state index contributed by atoms with van der Waals surface area (Å²) in [6.07, 6.45) is 7.69. The number of imidazole rings is 1. The number of ether oxygens (including phenoxy) is 2. The lowest BCUT2D eigenvalue weighted by atomic mass is 9.87. The Morgan fingerprint density at radius 3 is 2.75 bits per heavy atom. The van der Waals surface area contributed by atoms with Gasteiger partial charge >= 0.3 is 0 Å². The Bertz CT molecular complexity index is 936. The number of hydrogen-bond acceptors (Lipinski definition) is 4. The molecule has 144 valence electrons. The molecule has 0 spiro atoms. The third-order valence-electron chi connectivity index (χ3n) is 5.18. The number of hydrogen-bond donors (Lipinski definition) is 0. The molecule has 0 saturated heterocycles. The minimum absolute atomic E-state index is 0.177. The van der Waals surface area contributed by atoms with Crippen LogP contribution < -0.4 is 4.74 Å². The number of benzene rings is 2. The van der Waals surface area contributed by atoms with Gasteiger partial charge in [-0.3, -0.25) is 4.79 Å². The van der Waals surface area contributed by atoms with E-state index in [0.717, 1.165) is 40.8 Å². The molecule has 5 heteroatoms. The van der Waals surface area contributed by atoms with E-state index in [1.165, 1.54) is 0 Å². The summed E-state index contributed by atoms with van der Waals surface area (Å²) >= 11 is 0. The molecule has 0 N–H and O–H groups in total. The van der Waals surface area contributed by atoms with Crippen LogP contribution in [0.4, 0.5) is 0 Å². The number of Topliss-reactive ketones (excluding diaryl/α,β-unsaturated/α-hetero) is 1. The summed E-state index contributed by atoms with van der Waals surface area (Å²) < 4.78 is 14.0. The zero-order valence-corrected chi connectivity index (χ0v) is 16.0. The third-order valence-corrected chi connectivity index (χ3v) is 5.18. The van der Waals surface area contributed by atoms with E-state index in [9.17, 15) is 4.79 Å². The predicted molar refractivity (Wildman–Crippen MR) is 106 cm³/mol. The van der Waals surface area contributed by atoms with Crippen molar-refractivity contribution in [3.05, 3.63) is 83.4 Å². The molecule has 3 aromatic rings. The van der Waals surface area contributed by atoms with Crippen molar-refractivity contribution in [3.63, 3.8) is 0 Å². The molecule has 5 nitrogen and oxygen atoms in total. The SMILES string of the molecule is COCc1c(OC(Cn2ccnc2)c2ccccc2)ccc2c1CCCC2=O. The molecular weight excluding hydrogens is 352 g/mol. The Morgan fingerprint density at radius 2 is 2.00 bits per heavy atom. The summed E-state index contributed by atoms with van der Waals surface area (Å²) in [5.41, 5.74) is 3.97. The lowest BCUT2D eigenvalue weighted by molar-refractivity contribution is 0.0971. The predicted octanol–water partition coefficient (Wildman–Crippen LogP) is 4.37. The van der Waals surface area contributed by atoms with Crippen LogP contribution in [0, 0.1) is 0 Å². The Balaban J connectivity index is 1.70. The number of carbonyl (C=O) groups is 1. The largest absolute Gasteiger partial charge is 0.483 e. The van der Waals surface area contributed by atoms with Gasteiger partial charge in [-0.1, -0.05) is 30.3 Å². The van der Waals surface area contributed by atoms with E-state index in [-0.39, 0.29) is 11.9 Å². The molecule has 4 rings (SSSR count). The molecule has 0 aliphatic heterocycles. The zero-order chi connectivity index (χ0) is 19.3. The number of ketones is 1. The lowest BCUT2D eigenvalue weighted by Crippen LogP contribution is -2.18. The molecule has 1 heterocycles. The van der Waals surface area contributed by atoms with E-state index < -0.39 is 0 Å². The second-order valence-electron chi connectivity index (χ2n) is 7.05. The molecule has 0 saturated carbocycles. The maximum Gasteiger partial charge on any atom is 0.163 e. The molecule has 28 heavy (non-hydrogen) atoms. The summed E-state index contributed by atoms with van der Waals surface area (Å²) in [6, 6.07) is 14.0. The normalized spacial score (nSPS) is 14.5. The molecule has 1 atom stereocenters. The standard InChI is InChI=1S/C23H24N2O3/c1-27-15-20-18-8-5-9-21(26)19(18)10-11-22(20)28-23(14-25-13-12-24-16-25)17-6-3-2-4-7-17/h2-4,6-7,10-13,16,23H,5,8-9,14-15H2,1H3. The van der Waals surface area contributed by atoms with Gasteiger partial charge in [-0.2, -0.15) is 0 Å². The van der Waals surface area contributed by atoms with Crippen molar-refractivity contribution in [2.75, 3.05) is 7.11 Å². The van der Waals surface area contributed by atoms with Gasteiger partial charge < -0.3 is 14.0 Å². The van der Waals surface area contributed by atoms with Gasteiger partial charge in [0.05, 0.1) is 19.5 Å². The zero-order valence-electron chi connectivity index (χ0n) is 16.0. The highest BCUT2D eigenvalue weighted by Crippen LogP contribution is 2.34. The summed E-state index contributed by atoms with van der Waals surface area (Å²) in [4.78, 5) is 16.5. The van der Waals surface area contributed by atoms with E-state index in [4.69, 9.17) is 9.47 Å². The Hall–Kier alpha value is -2.92. The van der Waals surface area contributed by atoms with Crippen molar-refractivity contribution < 1.29 is 14.3 Å². The van der Waals surface area contributed by atoms with Crippen molar-refractivity contribution in [2.24, 2.45) is 0 Å². The van der Waals surface area contributed by atoms with Crippen molar-refractivity contribution >= 4 is 5.78 Å². The number of carbonyl (C=O) groups excluding carboxylic acids is 1. The number of fused-ring (bicyclic) bond motifs is 1. The highest BCUT2D eigenvalue weighted by molar-refractivity contribution is 5.99. The van der Waals surface area contributed by atoms with Crippen LogP contribution in [0.25, 0.3) is 0 Å². The Morgan fingerprint density at radius 1 is 1.14 bits per heavy atom. The van der Waals surface area contributed by atoms with E-state index in [1.807, 2.05) is 41.1 Å². The van der Waals surface area contributed by atoms with Crippen LogP contribution in [0.3, 0.4) is 0 Å². The maximum absolute atomic E-state index is 12.3. The number of rotatable bonds is 7. The summed E-state index contributed by atoms with van der Waals surface area (Å²) in [5.74, 6) is 0.993. The highest BCUT2D eigenvalue weighted by atomic mass is 16.5. The van der Waals surface area contributed by atoms with Crippen molar-refractivity contribution in [3.8, 4) is 5.75 Å². The number of methoxy groups -OCH3 is 1. The molecular formula is C23H24N2O3. The van der Waals surface area contributed by atoms with E-state index in [2.05, 4.69) is 17.1 Å². The van der Waals surface area contributed by atoms with Crippen molar-refractivity contribution in [1.29, 1.82) is 0 Å². The first-order valence-electron chi connectivity index (χ1n) is 9.60. The first-order valence-corrected chi connectivity index (χ1v) is 9.60. The fourth-order valence-corrected chi connectivity index (χ4v) is 3.81.